The number of hydrogen-bond donors (Lipinski definition) is 3. The Morgan fingerprint density at radius 1 is 1.32 bits per heavy atom. The first-order valence-electron chi connectivity index (χ1n) is 8.91. The van der Waals surface area contributed by atoms with Crippen molar-refractivity contribution in [2.45, 2.75) is 25.9 Å². The Balaban J connectivity index is 1.47. The van der Waals surface area contributed by atoms with E-state index in [-0.39, 0.29) is 12.6 Å². The Hall–Kier alpha value is -2.18. The number of nitrogens with zero attached hydrogens (tertiary/aromatic N) is 2. The number of aliphatic hydroxyl groups is 1. The minimum absolute atomic E-state index is 0.232. The van der Waals surface area contributed by atoms with Crippen molar-refractivity contribution in [2.24, 2.45) is 5.92 Å². The number of aromatic nitrogens is 1. The number of piperidine rings is 1. The summed E-state index contributed by atoms with van der Waals surface area (Å²) < 4.78 is 0. The molecule has 2 heterocycles. The molecule has 0 saturated carbocycles. The van der Waals surface area contributed by atoms with Gasteiger partial charge in [0.1, 0.15) is 0 Å². The number of carbonyl (C=O) groups is 1. The molecule has 1 aliphatic heterocycles. The van der Waals surface area contributed by atoms with Gasteiger partial charge in [-0.2, -0.15) is 0 Å². The number of fused-ring (bicyclic) bond motifs is 1. The van der Waals surface area contributed by atoms with Crippen molar-refractivity contribution in [2.75, 3.05) is 31.5 Å². The molecular formula is C19H26N4O2. The van der Waals surface area contributed by atoms with Crippen LogP contribution in [-0.2, 0) is 0 Å². The smallest absolute Gasteiger partial charge is 0.319 e. The van der Waals surface area contributed by atoms with Crippen molar-refractivity contribution in [3.05, 3.63) is 36.5 Å². The van der Waals surface area contributed by atoms with E-state index in [0.29, 0.717) is 12.2 Å². The van der Waals surface area contributed by atoms with Gasteiger partial charge in [0.05, 0.1) is 17.3 Å². The molecule has 3 N–H and O–H groups in total. The zero-order valence-corrected chi connectivity index (χ0v) is 14.6. The number of urea groups is 1. The molecule has 134 valence electrons. The lowest BCUT2D eigenvalue weighted by Gasteiger charge is -2.31. The third-order valence-corrected chi connectivity index (χ3v) is 4.72. The summed E-state index contributed by atoms with van der Waals surface area (Å²) in [5.41, 5.74) is 1.42. The van der Waals surface area contributed by atoms with E-state index >= 15 is 0 Å². The summed E-state index contributed by atoms with van der Waals surface area (Å²) >= 11 is 0. The van der Waals surface area contributed by atoms with E-state index in [4.69, 9.17) is 0 Å². The number of nitrogens with one attached hydrogen (secondary N) is 2. The van der Waals surface area contributed by atoms with Crippen LogP contribution in [0.4, 0.5) is 10.5 Å². The van der Waals surface area contributed by atoms with Crippen LogP contribution in [0.25, 0.3) is 10.9 Å². The zero-order chi connectivity index (χ0) is 17.6. The standard InChI is InChI=1S/C19H26N4O2/c1-14-7-10-23(11-8-14)13-16(24)12-21-19(25)22-17-6-2-4-15-5-3-9-20-18(15)17/h2-6,9,14,16,24H,7-8,10-13H2,1H3,(H2,21,22,25)/t16-/m1/s1. The number of rotatable bonds is 5. The van der Waals surface area contributed by atoms with E-state index in [1.54, 1.807) is 6.20 Å². The minimum atomic E-state index is -0.565. The largest absolute Gasteiger partial charge is 0.390 e. The third kappa shape index (κ3) is 4.90. The van der Waals surface area contributed by atoms with Crippen LogP contribution in [0.1, 0.15) is 19.8 Å². The quantitative estimate of drug-likeness (QED) is 0.780. The average Bonchev–Trinajstić information content (AvgIpc) is 2.62. The number of β-amino-alcohol motifs (C(OH)–C–C–N with tert-alkyl or cyclic N) is 1. The molecule has 2 aromatic rings. The number of anilines is 1. The number of pyridine rings is 1. The Kier molecular flexibility index (Phi) is 5.83. The van der Waals surface area contributed by atoms with Gasteiger partial charge < -0.3 is 20.6 Å². The van der Waals surface area contributed by atoms with Gasteiger partial charge in [-0.1, -0.05) is 25.1 Å². The van der Waals surface area contributed by atoms with Crippen molar-refractivity contribution < 1.29 is 9.90 Å². The molecule has 0 unspecified atom stereocenters. The molecule has 0 bridgehead atoms. The number of para-hydroxylation sites is 1. The Labute approximate surface area is 148 Å². The second-order valence-corrected chi connectivity index (χ2v) is 6.85. The predicted molar refractivity (Wildman–Crippen MR) is 99.6 cm³/mol. The first-order chi connectivity index (χ1) is 12.1. The summed E-state index contributed by atoms with van der Waals surface area (Å²) in [6.07, 6.45) is 3.49. The number of amides is 2. The second-order valence-electron chi connectivity index (χ2n) is 6.85. The highest BCUT2D eigenvalue weighted by molar-refractivity contribution is 5.99. The summed E-state index contributed by atoms with van der Waals surface area (Å²) in [7, 11) is 0. The van der Waals surface area contributed by atoms with Crippen LogP contribution in [0.3, 0.4) is 0 Å². The zero-order valence-electron chi connectivity index (χ0n) is 14.6. The SMILES string of the molecule is CC1CCN(C[C@H](O)CNC(=O)Nc2cccc3cccnc23)CC1. The lowest BCUT2D eigenvalue weighted by atomic mass is 9.99. The fraction of sp³-hybridized carbons (Fsp3) is 0.474. The lowest BCUT2D eigenvalue weighted by molar-refractivity contribution is 0.0924. The number of hydrogen-bond acceptors (Lipinski definition) is 4. The fourth-order valence-electron chi connectivity index (χ4n) is 3.19. The fourth-order valence-corrected chi connectivity index (χ4v) is 3.19. The van der Waals surface area contributed by atoms with E-state index < -0.39 is 6.10 Å². The van der Waals surface area contributed by atoms with E-state index in [9.17, 15) is 9.90 Å². The van der Waals surface area contributed by atoms with Gasteiger partial charge >= 0.3 is 6.03 Å². The maximum atomic E-state index is 12.1. The topological polar surface area (TPSA) is 77.5 Å². The monoisotopic (exact) mass is 342 g/mol. The molecule has 0 aliphatic carbocycles. The summed E-state index contributed by atoms with van der Waals surface area (Å²) in [6, 6.07) is 9.14. The van der Waals surface area contributed by atoms with Crippen LogP contribution in [-0.4, -0.2) is 53.3 Å². The van der Waals surface area contributed by atoms with Gasteiger partial charge in [0.25, 0.3) is 0 Å². The van der Waals surface area contributed by atoms with E-state index in [1.807, 2.05) is 30.3 Å². The van der Waals surface area contributed by atoms with Crippen molar-refractivity contribution in [1.29, 1.82) is 0 Å². The van der Waals surface area contributed by atoms with Crippen molar-refractivity contribution in [1.82, 2.24) is 15.2 Å². The Morgan fingerprint density at radius 2 is 2.08 bits per heavy atom. The molecule has 25 heavy (non-hydrogen) atoms. The van der Waals surface area contributed by atoms with Gasteiger partial charge in [0.15, 0.2) is 0 Å². The van der Waals surface area contributed by atoms with Gasteiger partial charge in [-0.15, -0.1) is 0 Å². The third-order valence-electron chi connectivity index (χ3n) is 4.72. The number of aliphatic hydroxyl groups excluding tert-OH is 1. The van der Waals surface area contributed by atoms with E-state index in [0.717, 1.165) is 29.9 Å². The Morgan fingerprint density at radius 3 is 2.88 bits per heavy atom. The van der Waals surface area contributed by atoms with Crippen molar-refractivity contribution in [3.8, 4) is 0 Å². The number of carbonyl (C=O) groups excluding carboxylic acids is 1. The molecule has 2 amide bonds. The van der Waals surface area contributed by atoms with E-state index in [2.05, 4.69) is 27.4 Å². The van der Waals surface area contributed by atoms with Crippen LogP contribution in [0.2, 0.25) is 0 Å². The molecule has 6 heteroatoms. The average molecular weight is 342 g/mol. The highest BCUT2D eigenvalue weighted by atomic mass is 16.3. The van der Waals surface area contributed by atoms with Gasteiger partial charge in [-0.05, 0) is 44.0 Å². The summed E-state index contributed by atoms with van der Waals surface area (Å²) in [6.45, 7) is 5.14. The molecule has 0 radical (unpaired) electrons. The molecule has 1 fully saturated rings. The van der Waals surface area contributed by atoms with Crippen molar-refractivity contribution >= 4 is 22.6 Å². The maximum Gasteiger partial charge on any atom is 0.319 e. The van der Waals surface area contributed by atoms with E-state index in [1.165, 1.54) is 12.8 Å². The van der Waals surface area contributed by atoms with Gasteiger partial charge in [-0.25, -0.2) is 4.79 Å². The van der Waals surface area contributed by atoms with Crippen LogP contribution >= 0.6 is 0 Å². The molecule has 3 rings (SSSR count). The van der Waals surface area contributed by atoms with Crippen LogP contribution < -0.4 is 10.6 Å². The number of likely N-dealkylation sites (tertiary alicyclic amines) is 1. The molecule has 1 atom stereocenters. The van der Waals surface area contributed by atoms with Crippen LogP contribution in [0.5, 0.6) is 0 Å². The molecule has 0 spiro atoms. The normalized spacial score (nSPS) is 17.4. The molecule has 1 saturated heterocycles. The minimum Gasteiger partial charge on any atom is -0.390 e. The highest BCUT2D eigenvalue weighted by Crippen LogP contribution is 2.20. The molecule has 1 aromatic carbocycles. The van der Waals surface area contributed by atoms with Crippen molar-refractivity contribution in [3.63, 3.8) is 0 Å². The van der Waals surface area contributed by atoms with Crippen LogP contribution in [0.15, 0.2) is 36.5 Å². The summed E-state index contributed by atoms with van der Waals surface area (Å²) in [4.78, 5) is 18.7. The van der Waals surface area contributed by atoms with Crippen LogP contribution in [0, 0.1) is 5.92 Å². The maximum absolute atomic E-state index is 12.1. The molecular weight excluding hydrogens is 316 g/mol. The van der Waals surface area contributed by atoms with Gasteiger partial charge in [0, 0.05) is 24.7 Å². The summed E-state index contributed by atoms with van der Waals surface area (Å²) in [5.74, 6) is 0.770. The Bertz CT molecular complexity index is 708. The first kappa shape index (κ1) is 17.6. The summed E-state index contributed by atoms with van der Waals surface area (Å²) in [5, 5.41) is 16.7. The number of benzene rings is 1. The highest BCUT2D eigenvalue weighted by Gasteiger charge is 2.18. The molecule has 6 nitrogen and oxygen atoms in total. The first-order valence-corrected chi connectivity index (χ1v) is 8.91. The molecule has 1 aliphatic rings. The predicted octanol–water partition coefficient (Wildman–Crippen LogP) is 2.45. The molecule has 1 aromatic heterocycles. The second kappa shape index (κ2) is 8.27. The van der Waals surface area contributed by atoms with Gasteiger partial charge in [0.2, 0.25) is 0 Å². The van der Waals surface area contributed by atoms with Gasteiger partial charge in [-0.3, -0.25) is 4.98 Å². The lowest BCUT2D eigenvalue weighted by Crippen LogP contribution is -2.43.